The minimum atomic E-state index is -0.631. The van der Waals surface area contributed by atoms with Crippen LogP contribution in [-0.4, -0.2) is 41.9 Å². The third-order valence-electron chi connectivity index (χ3n) is 5.13. The van der Waals surface area contributed by atoms with Crippen molar-refractivity contribution >= 4 is 11.9 Å². The topological polar surface area (TPSA) is 52.7 Å². The molecule has 6 heteroatoms. The molecule has 1 N–H and O–H groups in total. The van der Waals surface area contributed by atoms with Crippen molar-refractivity contribution in [3.8, 4) is 0 Å². The van der Waals surface area contributed by atoms with E-state index >= 15 is 0 Å². The molecule has 0 saturated heterocycles. The van der Waals surface area contributed by atoms with Crippen LogP contribution in [0.15, 0.2) is 65.9 Å². The van der Waals surface area contributed by atoms with Gasteiger partial charge >= 0.3 is 6.03 Å². The van der Waals surface area contributed by atoms with Gasteiger partial charge < -0.3 is 10.2 Å². The standard InChI is InChI=1S/C21H20FN3O2/c1-24-17-13-25(11-10-14-6-3-2-4-7-14)20(26)18(17)19(23-21(24)27)15-8-5-9-16(22)12-15/h2-9,12,19H,10-11,13H2,1H3,(H,23,27). The Balaban J connectivity index is 1.60. The quantitative estimate of drug-likeness (QED) is 0.906. The number of amides is 3. The summed E-state index contributed by atoms with van der Waals surface area (Å²) in [6.07, 6.45) is 0.739. The van der Waals surface area contributed by atoms with Crippen molar-refractivity contribution in [3.63, 3.8) is 0 Å². The molecule has 2 aromatic rings. The molecule has 5 nitrogen and oxygen atoms in total. The lowest BCUT2D eigenvalue weighted by Crippen LogP contribution is -2.45. The minimum Gasteiger partial charge on any atom is -0.333 e. The Hall–Kier alpha value is -3.15. The zero-order valence-corrected chi connectivity index (χ0v) is 15.0. The van der Waals surface area contributed by atoms with Gasteiger partial charge in [0, 0.05) is 13.6 Å². The molecule has 0 bridgehead atoms. The van der Waals surface area contributed by atoms with Crippen LogP contribution in [0.1, 0.15) is 17.2 Å². The van der Waals surface area contributed by atoms with Crippen molar-refractivity contribution in [1.29, 1.82) is 0 Å². The number of nitrogens with zero attached hydrogens (tertiary/aromatic N) is 2. The lowest BCUT2D eigenvalue weighted by molar-refractivity contribution is -0.125. The number of likely N-dealkylation sites (N-methyl/N-ethyl adjacent to an activating group) is 1. The first-order valence-corrected chi connectivity index (χ1v) is 8.90. The van der Waals surface area contributed by atoms with Crippen molar-refractivity contribution in [3.05, 3.63) is 82.8 Å². The van der Waals surface area contributed by atoms with E-state index in [1.807, 2.05) is 30.3 Å². The number of carbonyl (C=O) groups is 2. The fraction of sp³-hybridized carbons (Fsp3) is 0.238. The largest absolute Gasteiger partial charge is 0.333 e. The Morgan fingerprint density at radius 1 is 1.11 bits per heavy atom. The number of urea groups is 1. The van der Waals surface area contributed by atoms with Gasteiger partial charge in [0.1, 0.15) is 5.82 Å². The molecule has 138 valence electrons. The van der Waals surface area contributed by atoms with E-state index in [1.165, 1.54) is 17.0 Å². The molecule has 0 spiro atoms. The molecule has 0 radical (unpaired) electrons. The average Bonchev–Trinajstić information content (AvgIpc) is 3.01. The highest BCUT2D eigenvalue weighted by Crippen LogP contribution is 2.35. The number of halogens is 1. The van der Waals surface area contributed by atoms with Crippen LogP contribution in [0.4, 0.5) is 9.18 Å². The van der Waals surface area contributed by atoms with E-state index in [0.717, 1.165) is 12.0 Å². The summed E-state index contributed by atoms with van der Waals surface area (Å²) in [4.78, 5) is 28.7. The molecular formula is C21H20FN3O2. The molecular weight excluding hydrogens is 345 g/mol. The monoisotopic (exact) mass is 365 g/mol. The predicted molar refractivity (Wildman–Crippen MR) is 99.2 cm³/mol. The highest BCUT2D eigenvalue weighted by molar-refractivity contribution is 6.01. The highest BCUT2D eigenvalue weighted by atomic mass is 19.1. The normalized spacial score (nSPS) is 19.4. The zero-order chi connectivity index (χ0) is 19.0. The van der Waals surface area contributed by atoms with Gasteiger partial charge in [-0.3, -0.25) is 9.69 Å². The van der Waals surface area contributed by atoms with Gasteiger partial charge in [-0.25, -0.2) is 9.18 Å². The van der Waals surface area contributed by atoms with E-state index < -0.39 is 11.9 Å². The van der Waals surface area contributed by atoms with Gasteiger partial charge in [0.05, 0.1) is 23.9 Å². The average molecular weight is 365 g/mol. The first kappa shape index (κ1) is 17.3. The van der Waals surface area contributed by atoms with Crippen LogP contribution in [0.2, 0.25) is 0 Å². The lowest BCUT2D eigenvalue weighted by Gasteiger charge is -2.31. The van der Waals surface area contributed by atoms with Crippen LogP contribution in [0.25, 0.3) is 0 Å². The van der Waals surface area contributed by atoms with Crippen molar-refractivity contribution in [1.82, 2.24) is 15.1 Å². The molecule has 2 aliphatic rings. The maximum absolute atomic E-state index is 13.7. The molecule has 0 saturated carbocycles. The molecule has 2 heterocycles. The van der Waals surface area contributed by atoms with Gasteiger partial charge in [-0.05, 0) is 29.7 Å². The molecule has 2 aliphatic heterocycles. The summed E-state index contributed by atoms with van der Waals surface area (Å²) in [6, 6.07) is 15.1. The van der Waals surface area contributed by atoms with Crippen molar-refractivity contribution < 1.29 is 14.0 Å². The lowest BCUT2D eigenvalue weighted by atomic mass is 9.95. The van der Waals surface area contributed by atoms with Gasteiger partial charge in [0.2, 0.25) is 0 Å². The Morgan fingerprint density at radius 2 is 1.89 bits per heavy atom. The molecule has 1 unspecified atom stereocenters. The Bertz CT molecular complexity index is 926. The number of rotatable bonds is 4. The molecule has 1 atom stereocenters. The summed E-state index contributed by atoms with van der Waals surface area (Å²) in [6.45, 7) is 0.949. The third kappa shape index (κ3) is 3.18. The molecule has 3 amide bonds. The van der Waals surface area contributed by atoms with Crippen LogP contribution in [0.5, 0.6) is 0 Å². The molecule has 4 rings (SSSR count). The van der Waals surface area contributed by atoms with Crippen molar-refractivity contribution in [2.24, 2.45) is 0 Å². The van der Waals surface area contributed by atoms with E-state index in [2.05, 4.69) is 5.32 Å². The molecule has 0 fully saturated rings. The van der Waals surface area contributed by atoms with E-state index in [1.54, 1.807) is 24.1 Å². The summed E-state index contributed by atoms with van der Waals surface area (Å²) in [5.74, 6) is -0.503. The first-order chi connectivity index (χ1) is 13.0. The van der Waals surface area contributed by atoms with Gasteiger partial charge in [-0.1, -0.05) is 42.5 Å². The fourth-order valence-electron chi connectivity index (χ4n) is 3.65. The summed E-state index contributed by atoms with van der Waals surface area (Å²) >= 11 is 0. The second kappa shape index (κ2) is 6.87. The number of carbonyl (C=O) groups excluding carboxylic acids is 2. The highest BCUT2D eigenvalue weighted by Gasteiger charge is 2.42. The summed E-state index contributed by atoms with van der Waals surface area (Å²) < 4.78 is 13.7. The van der Waals surface area contributed by atoms with Crippen molar-refractivity contribution in [2.75, 3.05) is 20.1 Å². The van der Waals surface area contributed by atoms with E-state index in [0.29, 0.717) is 29.9 Å². The Labute approximate surface area is 157 Å². The van der Waals surface area contributed by atoms with E-state index in [-0.39, 0.29) is 11.9 Å². The second-order valence-electron chi connectivity index (χ2n) is 6.82. The summed E-state index contributed by atoms with van der Waals surface area (Å²) in [5.41, 5.74) is 2.93. The second-order valence-corrected chi connectivity index (χ2v) is 6.82. The molecule has 0 aromatic heterocycles. The number of nitrogens with one attached hydrogen (secondary N) is 1. The van der Waals surface area contributed by atoms with Crippen LogP contribution in [0, 0.1) is 5.82 Å². The number of hydrogen-bond donors (Lipinski definition) is 1. The maximum atomic E-state index is 13.7. The summed E-state index contributed by atoms with van der Waals surface area (Å²) in [7, 11) is 1.65. The van der Waals surface area contributed by atoms with Crippen LogP contribution in [-0.2, 0) is 11.2 Å². The molecule has 27 heavy (non-hydrogen) atoms. The Kier molecular flexibility index (Phi) is 4.39. The van der Waals surface area contributed by atoms with Gasteiger partial charge in [0.15, 0.2) is 0 Å². The number of benzene rings is 2. The van der Waals surface area contributed by atoms with Crippen molar-refractivity contribution in [2.45, 2.75) is 12.5 Å². The maximum Gasteiger partial charge on any atom is 0.322 e. The Morgan fingerprint density at radius 3 is 2.63 bits per heavy atom. The fourth-order valence-corrected chi connectivity index (χ4v) is 3.65. The number of hydrogen-bond acceptors (Lipinski definition) is 2. The van der Waals surface area contributed by atoms with Crippen LogP contribution in [0.3, 0.4) is 0 Å². The molecule has 0 aliphatic carbocycles. The minimum absolute atomic E-state index is 0.109. The zero-order valence-electron chi connectivity index (χ0n) is 15.0. The third-order valence-corrected chi connectivity index (χ3v) is 5.13. The van der Waals surface area contributed by atoms with Crippen LogP contribution >= 0.6 is 0 Å². The van der Waals surface area contributed by atoms with E-state index in [4.69, 9.17) is 0 Å². The van der Waals surface area contributed by atoms with Gasteiger partial charge in [-0.15, -0.1) is 0 Å². The SMILES string of the molecule is CN1C(=O)NC(c2cccc(F)c2)C2=C1CN(CCc1ccccc1)C2=O. The van der Waals surface area contributed by atoms with E-state index in [9.17, 15) is 14.0 Å². The van der Waals surface area contributed by atoms with Gasteiger partial charge in [-0.2, -0.15) is 0 Å². The van der Waals surface area contributed by atoms with Gasteiger partial charge in [0.25, 0.3) is 5.91 Å². The van der Waals surface area contributed by atoms with Crippen LogP contribution < -0.4 is 5.32 Å². The smallest absolute Gasteiger partial charge is 0.322 e. The molecule has 2 aromatic carbocycles. The first-order valence-electron chi connectivity index (χ1n) is 8.90. The summed E-state index contributed by atoms with van der Waals surface area (Å²) in [5, 5.41) is 2.82. The predicted octanol–water partition coefficient (Wildman–Crippen LogP) is 2.86.